The molecule has 7 nitrogen and oxygen atoms in total. The quantitative estimate of drug-likeness (QED) is 0.662. The van der Waals surface area contributed by atoms with E-state index in [1.54, 1.807) is 6.92 Å². The summed E-state index contributed by atoms with van der Waals surface area (Å²) in [7, 11) is 0. The van der Waals surface area contributed by atoms with Crippen LogP contribution in [0.3, 0.4) is 0 Å². The second-order valence-electron chi connectivity index (χ2n) is 4.61. The zero-order chi connectivity index (χ0) is 15.3. The lowest BCUT2D eigenvalue weighted by molar-refractivity contribution is -0.119. The summed E-state index contributed by atoms with van der Waals surface area (Å²) in [6, 6.07) is 0.843. The maximum Gasteiger partial charge on any atom is 0.340 e. The third-order valence-corrected chi connectivity index (χ3v) is 2.75. The molecule has 1 aromatic heterocycles. The molecule has 1 unspecified atom stereocenters. The number of pyridine rings is 1. The summed E-state index contributed by atoms with van der Waals surface area (Å²) in [6.45, 7) is 5.64. The highest BCUT2D eigenvalue weighted by molar-refractivity contribution is 5.98. The Kier molecular flexibility index (Phi) is 5.31. The number of esters is 1. The number of nitrogens with zero attached hydrogens (tertiary/aromatic N) is 1. The Balaban J connectivity index is 3.05. The van der Waals surface area contributed by atoms with Gasteiger partial charge in [-0.25, -0.2) is 9.78 Å². The fraction of sp³-hybridized carbons (Fsp3) is 0.462. The third-order valence-electron chi connectivity index (χ3n) is 2.75. The lowest BCUT2D eigenvalue weighted by Crippen LogP contribution is -2.40. The molecule has 0 aromatic carbocycles. The minimum atomic E-state index is -0.623. The highest BCUT2D eigenvalue weighted by atomic mass is 16.5. The van der Waals surface area contributed by atoms with Crippen LogP contribution in [0.2, 0.25) is 0 Å². The molecule has 7 heteroatoms. The molecule has 1 rings (SSSR count). The van der Waals surface area contributed by atoms with Crippen LogP contribution >= 0.6 is 0 Å². The van der Waals surface area contributed by atoms with Crippen molar-refractivity contribution in [2.75, 3.05) is 17.7 Å². The highest BCUT2D eigenvalue weighted by Crippen LogP contribution is 2.22. The second-order valence-corrected chi connectivity index (χ2v) is 4.61. The largest absolute Gasteiger partial charge is 0.462 e. The first kappa shape index (κ1) is 15.7. The van der Waals surface area contributed by atoms with Crippen molar-refractivity contribution < 1.29 is 14.3 Å². The Morgan fingerprint density at radius 3 is 2.60 bits per heavy atom. The zero-order valence-corrected chi connectivity index (χ0v) is 11.8. The van der Waals surface area contributed by atoms with Gasteiger partial charge in [0.25, 0.3) is 0 Å². The predicted molar refractivity (Wildman–Crippen MR) is 76.0 cm³/mol. The normalized spacial score (nSPS) is 12.0. The van der Waals surface area contributed by atoms with Crippen molar-refractivity contribution in [3.05, 3.63) is 17.8 Å². The van der Waals surface area contributed by atoms with E-state index >= 15 is 0 Å². The van der Waals surface area contributed by atoms with E-state index in [0.29, 0.717) is 0 Å². The second kappa shape index (κ2) is 6.74. The van der Waals surface area contributed by atoms with Crippen LogP contribution in [0.1, 0.15) is 31.1 Å². The van der Waals surface area contributed by atoms with Crippen LogP contribution < -0.4 is 16.8 Å². The van der Waals surface area contributed by atoms with E-state index in [1.165, 1.54) is 12.3 Å². The molecule has 1 aromatic rings. The molecule has 1 heterocycles. The summed E-state index contributed by atoms with van der Waals surface area (Å²) in [6.07, 6.45) is 1.42. The Labute approximate surface area is 117 Å². The summed E-state index contributed by atoms with van der Waals surface area (Å²) in [5, 5.41) is 2.87. The molecule has 1 atom stereocenters. The number of anilines is 2. The molecule has 0 spiro atoms. The molecule has 0 saturated carbocycles. The molecular weight excluding hydrogens is 260 g/mol. The molecule has 110 valence electrons. The number of ether oxygens (including phenoxy) is 1. The molecule has 0 aliphatic rings. The maximum atomic E-state index is 11.7. The summed E-state index contributed by atoms with van der Waals surface area (Å²) in [5.74, 6) is -0.841. The lowest BCUT2D eigenvalue weighted by Gasteiger charge is -2.20. The van der Waals surface area contributed by atoms with E-state index < -0.39 is 17.9 Å². The monoisotopic (exact) mass is 280 g/mol. The number of nitrogen functional groups attached to an aromatic ring is 1. The van der Waals surface area contributed by atoms with Gasteiger partial charge in [-0.05, 0) is 18.9 Å². The smallest absolute Gasteiger partial charge is 0.340 e. The van der Waals surface area contributed by atoms with Crippen LogP contribution in [0.5, 0.6) is 0 Å². The number of aromatic nitrogens is 1. The van der Waals surface area contributed by atoms with Gasteiger partial charge in [0.05, 0.1) is 17.9 Å². The van der Waals surface area contributed by atoms with E-state index in [4.69, 9.17) is 16.2 Å². The van der Waals surface area contributed by atoms with Gasteiger partial charge < -0.3 is 21.5 Å². The van der Waals surface area contributed by atoms with Crippen molar-refractivity contribution in [3.8, 4) is 0 Å². The summed E-state index contributed by atoms with van der Waals surface area (Å²) >= 11 is 0. The molecule has 0 aliphatic heterocycles. The summed E-state index contributed by atoms with van der Waals surface area (Å²) in [5.41, 5.74) is 11.5. The fourth-order valence-electron chi connectivity index (χ4n) is 1.69. The molecule has 1 amide bonds. The van der Waals surface area contributed by atoms with Crippen molar-refractivity contribution in [1.82, 2.24) is 4.98 Å². The van der Waals surface area contributed by atoms with Crippen LogP contribution in [-0.2, 0) is 9.53 Å². The first-order valence-electron chi connectivity index (χ1n) is 6.35. The number of rotatable bonds is 6. The zero-order valence-electron chi connectivity index (χ0n) is 11.8. The first-order valence-corrected chi connectivity index (χ1v) is 6.35. The Morgan fingerprint density at radius 2 is 2.10 bits per heavy atom. The number of carbonyl (C=O) groups excluding carboxylic acids is 2. The molecule has 0 bridgehead atoms. The van der Waals surface area contributed by atoms with Crippen molar-refractivity contribution >= 4 is 23.4 Å². The van der Waals surface area contributed by atoms with Gasteiger partial charge in [0.1, 0.15) is 6.04 Å². The van der Waals surface area contributed by atoms with Gasteiger partial charge in [0, 0.05) is 6.20 Å². The topological polar surface area (TPSA) is 120 Å². The standard InChI is InChI=1S/C13H20N4O3/c1-4-20-13(19)8-5-6-16-12(9(8)14)17-10(7(2)3)11(15)18/h5-7,10H,4,14H2,1-3H3,(H2,15,18)(H,16,17). The highest BCUT2D eigenvalue weighted by Gasteiger charge is 2.22. The van der Waals surface area contributed by atoms with Gasteiger partial charge in [-0.1, -0.05) is 13.8 Å². The minimum absolute atomic E-state index is 0.0417. The van der Waals surface area contributed by atoms with Crippen LogP contribution in [0.15, 0.2) is 12.3 Å². The van der Waals surface area contributed by atoms with E-state index in [2.05, 4.69) is 10.3 Å². The number of amides is 1. The summed E-state index contributed by atoms with van der Waals surface area (Å²) < 4.78 is 4.90. The van der Waals surface area contributed by atoms with E-state index in [9.17, 15) is 9.59 Å². The molecule has 0 fully saturated rings. The van der Waals surface area contributed by atoms with Gasteiger partial charge in [0.2, 0.25) is 5.91 Å². The average Bonchev–Trinajstić information content (AvgIpc) is 2.36. The number of hydrogen-bond donors (Lipinski definition) is 3. The van der Waals surface area contributed by atoms with Crippen molar-refractivity contribution in [3.63, 3.8) is 0 Å². The number of nitrogens with two attached hydrogens (primary N) is 2. The Morgan fingerprint density at radius 1 is 1.45 bits per heavy atom. The van der Waals surface area contributed by atoms with E-state index in [1.807, 2.05) is 13.8 Å². The van der Waals surface area contributed by atoms with E-state index in [0.717, 1.165) is 0 Å². The van der Waals surface area contributed by atoms with Crippen molar-refractivity contribution in [2.45, 2.75) is 26.8 Å². The van der Waals surface area contributed by atoms with Crippen molar-refractivity contribution in [1.29, 1.82) is 0 Å². The molecule has 0 radical (unpaired) electrons. The number of nitrogens with one attached hydrogen (secondary N) is 1. The summed E-state index contributed by atoms with van der Waals surface area (Å²) in [4.78, 5) is 27.1. The predicted octanol–water partition coefficient (Wildman–Crippen LogP) is 0.762. The fourth-order valence-corrected chi connectivity index (χ4v) is 1.69. The maximum absolute atomic E-state index is 11.7. The van der Waals surface area contributed by atoms with E-state index in [-0.39, 0.29) is 29.6 Å². The van der Waals surface area contributed by atoms with Crippen LogP contribution in [-0.4, -0.2) is 29.5 Å². The SMILES string of the molecule is CCOC(=O)c1ccnc(NC(C(N)=O)C(C)C)c1N. The van der Waals surface area contributed by atoms with Gasteiger partial charge in [-0.3, -0.25) is 4.79 Å². The molecule has 0 aliphatic carbocycles. The molecular formula is C13H20N4O3. The van der Waals surface area contributed by atoms with Crippen molar-refractivity contribution in [2.24, 2.45) is 11.7 Å². The number of primary amides is 1. The average molecular weight is 280 g/mol. The Hall–Kier alpha value is -2.31. The lowest BCUT2D eigenvalue weighted by atomic mass is 10.0. The molecule has 0 saturated heterocycles. The first-order chi connectivity index (χ1) is 9.38. The number of hydrogen-bond acceptors (Lipinski definition) is 6. The van der Waals surface area contributed by atoms with Gasteiger partial charge in [-0.15, -0.1) is 0 Å². The number of carbonyl (C=O) groups is 2. The van der Waals surface area contributed by atoms with Crippen LogP contribution in [0, 0.1) is 5.92 Å². The minimum Gasteiger partial charge on any atom is -0.462 e. The molecule has 5 N–H and O–H groups in total. The molecule has 20 heavy (non-hydrogen) atoms. The van der Waals surface area contributed by atoms with Gasteiger partial charge in [0.15, 0.2) is 5.82 Å². The third kappa shape index (κ3) is 3.59. The van der Waals surface area contributed by atoms with Crippen LogP contribution in [0.4, 0.5) is 11.5 Å². The van der Waals surface area contributed by atoms with Gasteiger partial charge in [-0.2, -0.15) is 0 Å². The van der Waals surface area contributed by atoms with Gasteiger partial charge >= 0.3 is 5.97 Å². The Bertz CT molecular complexity index is 502. The van der Waals surface area contributed by atoms with Crippen LogP contribution in [0.25, 0.3) is 0 Å².